The van der Waals surface area contributed by atoms with E-state index in [1.54, 1.807) is 0 Å². The Hall–Kier alpha value is -1.18. The maximum absolute atomic E-state index is 11.8. The van der Waals surface area contributed by atoms with Crippen LogP contribution in [0.2, 0.25) is 0 Å². The molecule has 1 aliphatic rings. The van der Waals surface area contributed by atoms with Crippen molar-refractivity contribution in [3.63, 3.8) is 0 Å². The van der Waals surface area contributed by atoms with Crippen molar-refractivity contribution in [3.05, 3.63) is 0 Å². The third-order valence-corrected chi connectivity index (χ3v) is 3.67. The fraction of sp³-hybridized carbons (Fsp3) is 0.818. The number of hydrogen-bond acceptors (Lipinski definition) is 10. The van der Waals surface area contributed by atoms with E-state index in [4.69, 9.17) is 25.8 Å². The summed E-state index contributed by atoms with van der Waals surface area (Å²) < 4.78 is 4.75. The summed E-state index contributed by atoms with van der Waals surface area (Å²) in [6.07, 6.45) is -9.14. The summed E-state index contributed by atoms with van der Waals surface area (Å²) in [6.45, 7) is -2.16. The van der Waals surface area contributed by atoms with Crippen LogP contribution in [-0.4, -0.2) is 96.5 Å². The van der Waals surface area contributed by atoms with E-state index in [0.29, 0.717) is 0 Å². The monoisotopic (exact) mass is 325 g/mol. The SMILES string of the molecule is N[C@]1(C(=O)CO)[C@@H](O)CC(O)(C(=O)O)O[C@H]1C(O)C(O)CO. The van der Waals surface area contributed by atoms with E-state index in [2.05, 4.69) is 0 Å². The zero-order valence-electron chi connectivity index (χ0n) is 11.4. The molecule has 0 aromatic carbocycles. The Morgan fingerprint density at radius 2 is 1.86 bits per heavy atom. The second-order valence-corrected chi connectivity index (χ2v) is 5.10. The van der Waals surface area contributed by atoms with E-state index in [1.807, 2.05) is 0 Å². The van der Waals surface area contributed by atoms with Gasteiger partial charge in [-0.2, -0.15) is 0 Å². The number of aliphatic hydroxyl groups excluding tert-OH is 5. The average Bonchev–Trinajstić information content (AvgIpc) is 2.48. The quantitative estimate of drug-likeness (QED) is 0.231. The smallest absolute Gasteiger partial charge is 0.364 e. The first-order chi connectivity index (χ1) is 10.0. The molecule has 0 aliphatic carbocycles. The topological polar surface area (TPSA) is 211 Å². The largest absolute Gasteiger partial charge is 0.477 e. The van der Waals surface area contributed by atoms with Crippen molar-refractivity contribution in [2.45, 2.75) is 42.2 Å². The molecule has 3 unspecified atom stereocenters. The minimum atomic E-state index is -2.97. The Balaban J connectivity index is 3.31. The van der Waals surface area contributed by atoms with Crippen LogP contribution in [0, 0.1) is 0 Å². The lowest BCUT2D eigenvalue weighted by Gasteiger charge is -2.49. The number of carbonyl (C=O) groups excluding carboxylic acids is 1. The molecular formula is C11H19NO10. The van der Waals surface area contributed by atoms with E-state index >= 15 is 0 Å². The van der Waals surface area contributed by atoms with E-state index in [-0.39, 0.29) is 0 Å². The highest BCUT2D eigenvalue weighted by atomic mass is 16.7. The van der Waals surface area contributed by atoms with Crippen molar-refractivity contribution in [1.82, 2.24) is 0 Å². The Morgan fingerprint density at radius 1 is 1.32 bits per heavy atom. The van der Waals surface area contributed by atoms with Crippen molar-refractivity contribution >= 4 is 11.8 Å². The minimum absolute atomic E-state index is 0.994. The molecule has 11 heteroatoms. The summed E-state index contributed by atoms with van der Waals surface area (Å²) in [4.78, 5) is 22.8. The van der Waals surface area contributed by atoms with Crippen LogP contribution in [0.1, 0.15) is 6.42 Å². The Bertz CT molecular complexity index is 445. The Labute approximate surface area is 124 Å². The molecule has 6 atom stereocenters. The first-order valence-corrected chi connectivity index (χ1v) is 6.26. The fourth-order valence-electron chi connectivity index (χ4n) is 2.26. The third-order valence-electron chi connectivity index (χ3n) is 3.67. The number of carboxylic acid groups (broad SMARTS) is 1. The number of ketones is 1. The minimum Gasteiger partial charge on any atom is -0.477 e. The van der Waals surface area contributed by atoms with Gasteiger partial charge in [0.05, 0.1) is 12.7 Å². The standard InChI is InChI=1S/C11H19NO10/c12-11(6(17)3-14)5(16)1-10(21,9(19)20)22-8(11)7(18)4(15)2-13/h4-5,7-8,13-16,18,21H,1-3,12H2,(H,19,20)/t4?,5-,7?,8-,10?,11-/m0/s1. The number of nitrogens with two attached hydrogens (primary N) is 1. The molecular weight excluding hydrogens is 306 g/mol. The van der Waals surface area contributed by atoms with Gasteiger partial charge < -0.3 is 46.2 Å². The van der Waals surface area contributed by atoms with Gasteiger partial charge in [0.1, 0.15) is 30.5 Å². The number of Topliss-reactive ketones (excluding diaryl/α,β-unsaturated/α-hetero) is 1. The maximum Gasteiger partial charge on any atom is 0.364 e. The first-order valence-electron chi connectivity index (χ1n) is 6.26. The van der Waals surface area contributed by atoms with Gasteiger partial charge >= 0.3 is 5.97 Å². The van der Waals surface area contributed by atoms with Crippen molar-refractivity contribution < 1.29 is 50.1 Å². The van der Waals surface area contributed by atoms with Crippen molar-refractivity contribution in [3.8, 4) is 0 Å². The van der Waals surface area contributed by atoms with E-state index in [1.165, 1.54) is 0 Å². The second-order valence-electron chi connectivity index (χ2n) is 5.10. The van der Waals surface area contributed by atoms with Gasteiger partial charge in [-0.1, -0.05) is 0 Å². The zero-order valence-corrected chi connectivity index (χ0v) is 11.4. The Morgan fingerprint density at radius 3 is 2.27 bits per heavy atom. The highest BCUT2D eigenvalue weighted by molar-refractivity contribution is 5.91. The predicted molar refractivity (Wildman–Crippen MR) is 66.2 cm³/mol. The lowest BCUT2D eigenvalue weighted by Crippen LogP contribution is -2.76. The van der Waals surface area contributed by atoms with E-state index in [0.717, 1.165) is 0 Å². The van der Waals surface area contributed by atoms with Gasteiger partial charge in [0.2, 0.25) is 0 Å². The lowest BCUT2D eigenvalue weighted by molar-refractivity contribution is -0.304. The highest BCUT2D eigenvalue weighted by Gasteiger charge is 2.62. The first kappa shape index (κ1) is 18.9. The molecule has 128 valence electrons. The molecule has 1 rings (SSSR count). The van der Waals surface area contributed by atoms with Crippen LogP contribution in [0.4, 0.5) is 0 Å². The molecule has 9 N–H and O–H groups in total. The van der Waals surface area contributed by atoms with Gasteiger partial charge in [0, 0.05) is 6.42 Å². The molecule has 22 heavy (non-hydrogen) atoms. The van der Waals surface area contributed by atoms with E-state index < -0.39 is 67.1 Å². The normalized spacial score (nSPS) is 38.3. The summed E-state index contributed by atoms with van der Waals surface area (Å²) >= 11 is 0. The van der Waals surface area contributed by atoms with Gasteiger partial charge in [-0.05, 0) is 0 Å². The van der Waals surface area contributed by atoms with Gasteiger partial charge in [0.15, 0.2) is 5.78 Å². The number of carboxylic acids is 1. The van der Waals surface area contributed by atoms with Crippen LogP contribution in [0.3, 0.4) is 0 Å². The third kappa shape index (κ3) is 2.98. The number of aliphatic hydroxyl groups is 6. The predicted octanol–water partition coefficient (Wildman–Crippen LogP) is -5.12. The van der Waals surface area contributed by atoms with Crippen LogP contribution in [0.25, 0.3) is 0 Å². The molecule has 0 bridgehead atoms. The number of hydrogen-bond donors (Lipinski definition) is 8. The molecule has 0 spiro atoms. The molecule has 11 nitrogen and oxygen atoms in total. The summed E-state index contributed by atoms with van der Waals surface area (Å²) in [7, 11) is 0. The molecule has 0 saturated carbocycles. The summed E-state index contributed by atoms with van der Waals surface area (Å²) in [5.41, 5.74) is 3.18. The van der Waals surface area contributed by atoms with Crippen molar-refractivity contribution in [2.75, 3.05) is 13.2 Å². The highest BCUT2D eigenvalue weighted by Crippen LogP contribution is 2.36. The summed E-state index contributed by atoms with van der Waals surface area (Å²) in [6, 6.07) is 0. The maximum atomic E-state index is 11.8. The van der Waals surface area contributed by atoms with Gasteiger partial charge in [-0.25, -0.2) is 4.79 Å². The number of rotatable bonds is 6. The van der Waals surface area contributed by atoms with Crippen molar-refractivity contribution in [1.29, 1.82) is 0 Å². The molecule has 0 amide bonds. The van der Waals surface area contributed by atoms with Gasteiger partial charge in [0.25, 0.3) is 5.79 Å². The zero-order chi connectivity index (χ0) is 17.3. The average molecular weight is 325 g/mol. The van der Waals surface area contributed by atoms with Gasteiger partial charge in [-0.3, -0.25) is 4.79 Å². The second kappa shape index (κ2) is 6.52. The molecule has 1 saturated heterocycles. The van der Waals surface area contributed by atoms with Crippen molar-refractivity contribution in [2.24, 2.45) is 5.73 Å². The molecule has 0 aromatic rings. The van der Waals surface area contributed by atoms with Crippen LogP contribution < -0.4 is 5.73 Å². The Kier molecular flexibility index (Phi) is 5.59. The molecule has 1 heterocycles. The number of ether oxygens (including phenoxy) is 1. The van der Waals surface area contributed by atoms with Crippen LogP contribution in [0.15, 0.2) is 0 Å². The molecule has 1 fully saturated rings. The molecule has 0 radical (unpaired) electrons. The van der Waals surface area contributed by atoms with Crippen LogP contribution in [0.5, 0.6) is 0 Å². The number of aliphatic carboxylic acids is 1. The van der Waals surface area contributed by atoms with Crippen LogP contribution in [-0.2, 0) is 14.3 Å². The summed E-state index contributed by atoms with van der Waals surface area (Å²) in [5.74, 6) is -6.10. The molecule has 1 aliphatic heterocycles. The summed E-state index contributed by atoms with van der Waals surface area (Å²) in [5, 5.41) is 65.8. The van der Waals surface area contributed by atoms with Gasteiger partial charge in [-0.15, -0.1) is 0 Å². The van der Waals surface area contributed by atoms with E-state index in [9.17, 15) is 30.0 Å². The lowest BCUT2D eigenvalue weighted by atomic mass is 9.74. The van der Waals surface area contributed by atoms with Crippen LogP contribution >= 0.6 is 0 Å². The number of carbonyl (C=O) groups is 2. The molecule has 0 aromatic heterocycles. The fourth-order valence-corrected chi connectivity index (χ4v) is 2.26.